The molecule has 0 aromatic heterocycles. The third-order valence-electron chi connectivity index (χ3n) is 2.09. The van der Waals surface area contributed by atoms with Gasteiger partial charge in [-0.05, 0) is 0 Å². The Hall–Kier alpha value is 1.16. The smallest absolute Gasteiger partial charge is 0.147 e. The summed E-state index contributed by atoms with van der Waals surface area (Å²) in [6.07, 6.45) is 0. The van der Waals surface area contributed by atoms with Crippen LogP contribution in [0.15, 0.2) is 0 Å². The predicted octanol–water partition coefficient (Wildman–Crippen LogP) is 5.25. The van der Waals surface area contributed by atoms with Gasteiger partial charge in [-0.25, -0.2) is 0 Å². The molecule has 0 unspecified atom stereocenters. The number of hydrogen-bond donors (Lipinski definition) is 0. The summed E-state index contributed by atoms with van der Waals surface area (Å²) in [7, 11) is 0. The van der Waals surface area contributed by atoms with Gasteiger partial charge in [-0.15, -0.1) is 12.4 Å². The maximum Gasteiger partial charge on any atom is -0.147 e. The maximum absolute atomic E-state index is 2.39. The Morgan fingerprint density at radius 3 is 1.00 bits per heavy atom. The van der Waals surface area contributed by atoms with Crippen LogP contribution in [0, 0.1) is 17.8 Å². The number of halogens is 1. The molecule has 0 saturated heterocycles. The van der Waals surface area contributed by atoms with E-state index in [1.807, 2.05) is 0 Å². The zero-order chi connectivity index (χ0) is 10.4. The van der Waals surface area contributed by atoms with Gasteiger partial charge in [0.05, 0.1) is 0 Å². The van der Waals surface area contributed by atoms with Gasteiger partial charge in [0.2, 0.25) is 0 Å². The molecule has 0 saturated carbocycles. The Labute approximate surface area is 105 Å². The van der Waals surface area contributed by atoms with Gasteiger partial charge < -0.3 is 0 Å². The average molecular weight is 386 g/mol. The Balaban J connectivity index is 0. The van der Waals surface area contributed by atoms with Gasteiger partial charge in [-0.2, -0.15) is 0 Å². The molecule has 0 radical (unpaired) electrons. The van der Waals surface area contributed by atoms with Crippen molar-refractivity contribution in [3.05, 3.63) is 0 Å². The Bertz CT molecular complexity index is 97.7. The van der Waals surface area contributed by atoms with Crippen LogP contribution >= 0.6 is 12.4 Å². The summed E-state index contributed by atoms with van der Waals surface area (Å²) in [5.41, 5.74) is 0. The minimum Gasteiger partial charge on any atom is -0.147 e. The molecule has 14 heavy (non-hydrogen) atoms. The van der Waals surface area contributed by atoms with Crippen LogP contribution in [0.1, 0.15) is 41.5 Å². The fraction of sp³-hybridized carbons (Fsp3) is 1.00. The molecule has 0 heterocycles. The summed E-state index contributed by atoms with van der Waals surface area (Å²) in [6, 6.07) is 0. The van der Waals surface area contributed by atoms with Crippen molar-refractivity contribution >= 4 is 12.4 Å². The molecule has 2 heteroatoms. The molecular weight excluding hydrogens is 358 g/mol. The van der Waals surface area contributed by atoms with Crippen molar-refractivity contribution in [3.8, 4) is 0 Å². The molecule has 0 spiro atoms. The molecule has 0 rings (SSSR count). The quantitative estimate of drug-likeness (QED) is 0.547. The van der Waals surface area contributed by atoms with Crippen molar-refractivity contribution in [2.75, 3.05) is 0 Å². The van der Waals surface area contributed by atoms with Gasteiger partial charge in [0.25, 0.3) is 0 Å². The summed E-state index contributed by atoms with van der Waals surface area (Å²) in [4.78, 5) is 0. The maximum atomic E-state index is 2.39. The van der Waals surface area contributed by atoms with Gasteiger partial charge >= 0.3 is 93.3 Å². The van der Waals surface area contributed by atoms with Gasteiger partial charge in [-0.3, -0.25) is 0 Å². The fourth-order valence-electron chi connectivity index (χ4n) is 1.98. The van der Waals surface area contributed by atoms with E-state index in [4.69, 9.17) is 0 Å². The Kier molecular flexibility index (Phi) is 11.8. The first-order chi connectivity index (χ1) is 5.91. The minimum atomic E-state index is -1.14. The zero-order valence-corrected chi connectivity index (χ0v) is 15.2. The molecule has 0 bridgehead atoms. The molecule has 0 aromatic rings. The van der Waals surface area contributed by atoms with Gasteiger partial charge in [0.15, 0.2) is 0 Å². The van der Waals surface area contributed by atoms with E-state index in [0.29, 0.717) is 0 Å². The molecule has 0 aliphatic carbocycles. The van der Waals surface area contributed by atoms with Crippen LogP contribution < -0.4 is 0 Å². The second-order valence-electron chi connectivity index (χ2n) is 5.54. The fourth-order valence-corrected chi connectivity index (χ4v) is 16.2. The molecule has 0 N–H and O–H groups in total. The van der Waals surface area contributed by atoms with Crippen LogP contribution in [0.2, 0.25) is 12.5 Å². The van der Waals surface area contributed by atoms with Gasteiger partial charge in [0.1, 0.15) is 0 Å². The van der Waals surface area contributed by atoms with Crippen LogP contribution in [-0.4, -0.2) is 0 Å². The second kappa shape index (κ2) is 9.39. The Morgan fingerprint density at radius 2 is 0.857 bits per heavy atom. The Morgan fingerprint density at radius 1 is 0.643 bits per heavy atom. The predicted molar refractivity (Wildman–Crippen MR) is 66.2 cm³/mol. The monoisotopic (exact) mass is 387 g/mol. The first kappa shape index (κ1) is 17.6. The van der Waals surface area contributed by atoms with E-state index >= 15 is 0 Å². The van der Waals surface area contributed by atoms with Crippen molar-refractivity contribution in [2.24, 2.45) is 17.8 Å². The van der Waals surface area contributed by atoms with E-state index in [0.717, 1.165) is 17.8 Å². The van der Waals surface area contributed by atoms with Crippen LogP contribution in [0.5, 0.6) is 0 Å². The summed E-state index contributed by atoms with van der Waals surface area (Å²) < 4.78 is 4.88. The minimum absolute atomic E-state index is 0. The van der Waals surface area contributed by atoms with Crippen molar-refractivity contribution in [1.82, 2.24) is 0 Å². The van der Waals surface area contributed by atoms with E-state index in [1.54, 1.807) is 12.5 Å². The average Bonchev–Trinajstić information content (AvgIpc) is 1.80. The van der Waals surface area contributed by atoms with Crippen LogP contribution in [0.3, 0.4) is 0 Å². The normalized spacial score (nSPS) is 10.9. The standard InChI is InChI=1S/3C4H9.ClH.Hf/c3*1-4(2)3;;/h3*4H,1H2,2-3H3;1H;. The van der Waals surface area contributed by atoms with Crippen LogP contribution in [0.25, 0.3) is 0 Å². The van der Waals surface area contributed by atoms with Crippen LogP contribution in [0.4, 0.5) is 0 Å². The number of rotatable bonds is 6. The summed E-state index contributed by atoms with van der Waals surface area (Å²) in [5, 5.41) is 0. The molecular formula is C12H28ClHf. The summed E-state index contributed by atoms with van der Waals surface area (Å²) >= 11 is -1.14. The van der Waals surface area contributed by atoms with Gasteiger partial charge in [0, 0.05) is 0 Å². The van der Waals surface area contributed by atoms with E-state index in [-0.39, 0.29) is 12.4 Å². The van der Waals surface area contributed by atoms with Crippen LogP contribution in [-0.2, 0) is 21.4 Å². The van der Waals surface area contributed by atoms with E-state index in [9.17, 15) is 0 Å². The van der Waals surface area contributed by atoms with E-state index in [2.05, 4.69) is 41.5 Å². The third-order valence-corrected chi connectivity index (χ3v) is 17.1. The van der Waals surface area contributed by atoms with Crippen molar-refractivity contribution in [3.63, 3.8) is 0 Å². The largest absolute Gasteiger partial charge is 0.147 e. The SMILES string of the molecule is CC(C)[CH2][Hf]([CH2]C(C)C)[CH2]C(C)C.Cl. The summed E-state index contributed by atoms with van der Waals surface area (Å²) in [6.45, 7) is 14.4. The topological polar surface area (TPSA) is 0 Å². The molecule has 0 fully saturated rings. The molecule has 0 amide bonds. The van der Waals surface area contributed by atoms with Crippen molar-refractivity contribution in [2.45, 2.75) is 54.1 Å². The first-order valence-electron chi connectivity index (χ1n) is 5.75. The molecule has 0 nitrogen and oxygen atoms in total. The molecule has 0 aliphatic heterocycles. The van der Waals surface area contributed by atoms with Crippen molar-refractivity contribution < 1.29 is 21.4 Å². The molecule has 0 atom stereocenters. The van der Waals surface area contributed by atoms with Crippen molar-refractivity contribution in [1.29, 1.82) is 0 Å². The molecule has 0 aliphatic rings. The zero-order valence-electron chi connectivity index (χ0n) is 10.8. The summed E-state index contributed by atoms with van der Waals surface area (Å²) in [5.74, 6) is 2.87. The second-order valence-corrected chi connectivity index (χ2v) is 15.3. The van der Waals surface area contributed by atoms with Gasteiger partial charge in [-0.1, -0.05) is 0 Å². The molecule has 0 aromatic carbocycles. The van der Waals surface area contributed by atoms with E-state index < -0.39 is 21.4 Å². The molecule has 87 valence electrons. The third kappa shape index (κ3) is 11.2. The first-order valence-corrected chi connectivity index (χ1v) is 13.4. The van der Waals surface area contributed by atoms with E-state index in [1.165, 1.54) is 0 Å². The number of hydrogen-bond acceptors (Lipinski definition) is 0.